The highest BCUT2D eigenvalue weighted by molar-refractivity contribution is 9.10. The Morgan fingerprint density at radius 1 is 1.19 bits per heavy atom. The quantitative estimate of drug-likeness (QED) is 0.636. The van der Waals surface area contributed by atoms with E-state index in [0.717, 1.165) is 10.0 Å². The number of amides is 1. The van der Waals surface area contributed by atoms with Gasteiger partial charge < -0.3 is 10.6 Å². The first-order chi connectivity index (χ1) is 13.0. The molecule has 3 aromatic rings. The van der Waals surface area contributed by atoms with Gasteiger partial charge in [0.2, 0.25) is 5.95 Å². The van der Waals surface area contributed by atoms with Crippen LogP contribution in [0.5, 0.6) is 0 Å². The molecule has 27 heavy (non-hydrogen) atoms. The van der Waals surface area contributed by atoms with E-state index in [1.807, 2.05) is 31.2 Å². The van der Waals surface area contributed by atoms with Crippen LogP contribution in [0.3, 0.4) is 0 Å². The average Bonchev–Trinajstić information content (AvgIpc) is 3.11. The largest absolute Gasteiger partial charge is 0.326 e. The van der Waals surface area contributed by atoms with Crippen molar-refractivity contribution in [1.29, 1.82) is 0 Å². The molecule has 1 aliphatic heterocycles. The minimum atomic E-state index is -0.448. The van der Waals surface area contributed by atoms with Crippen LogP contribution < -0.4 is 10.6 Å². The molecule has 0 fully saturated rings. The van der Waals surface area contributed by atoms with Crippen LogP contribution in [0, 0.1) is 0 Å². The second kappa shape index (κ2) is 7.13. The molecule has 1 atom stereocenters. The standard InChI is InChI=1S/C18H14BrClN6O/c1-10-15(17(27)22-14-8-6-13(20)7-9-14)16(11-2-4-12(19)5-3-11)26-18(21-10)23-24-25-26/h2-9,16H,1H3,(H,22,27)(H,21,23,25)/t16-/m0/s1. The number of allylic oxidation sites excluding steroid dienone is 1. The summed E-state index contributed by atoms with van der Waals surface area (Å²) in [5.74, 6) is 0.250. The molecule has 2 N–H and O–H groups in total. The molecule has 2 aromatic carbocycles. The Hall–Kier alpha value is -2.71. The second-order valence-electron chi connectivity index (χ2n) is 6.03. The van der Waals surface area contributed by atoms with Gasteiger partial charge in [-0.15, -0.1) is 0 Å². The minimum absolute atomic E-state index is 0.239. The third kappa shape index (κ3) is 3.45. The fourth-order valence-corrected chi connectivity index (χ4v) is 3.38. The van der Waals surface area contributed by atoms with Crippen LogP contribution in [0.1, 0.15) is 18.5 Å². The van der Waals surface area contributed by atoms with Crippen LogP contribution in [-0.4, -0.2) is 26.1 Å². The Balaban J connectivity index is 1.74. The summed E-state index contributed by atoms with van der Waals surface area (Å²) in [7, 11) is 0. The summed E-state index contributed by atoms with van der Waals surface area (Å²) in [4.78, 5) is 13.1. The molecule has 0 saturated heterocycles. The molecule has 1 aliphatic rings. The zero-order chi connectivity index (χ0) is 19.0. The van der Waals surface area contributed by atoms with Crippen LogP contribution >= 0.6 is 27.5 Å². The van der Waals surface area contributed by atoms with E-state index in [0.29, 0.717) is 27.9 Å². The SMILES string of the molecule is CC1=C(C(=O)Nc2ccc(Cl)cc2)[C@H](c2ccc(Br)cc2)n2nnnc2N1. The Kier molecular flexibility index (Phi) is 4.67. The molecule has 7 nitrogen and oxygen atoms in total. The van der Waals surface area contributed by atoms with E-state index < -0.39 is 6.04 Å². The second-order valence-corrected chi connectivity index (χ2v) is 7.38. The van der Waals surface area contributed by atoms with Crippen LogP contribution in [0.4, 0.5) is 11.6 Å². The molecule has 0 radical (unpaired) electrons. The van der Waals surface area contributed by atoms with Crippen molar-refractivity contribution in [2.75, 3.05) is 10.6 Å². The van der Waals surface area contributed by atoms with Crippen molar-refractivity contribution in [3.8, 4) is 0 Å². The summed E-state index contributed by atoms with van der Waals surface area (Å²) in [6, 6.07) is 14.2. The Morgan fingerprint density at radius 3 is 2.59 bits per heavy atom. The Bertz CT molecular complexity index is 1030. The van der Waals surface area contributed by atoms with E-state index in [2.05, 4.69) is 42.1 Å². The van der Waals surface area contributed by atoms with Gasteiger partial charge in [-0.05, 0) is 59.3 Å². The highest BCUT2D eigenvalue weighted by Crippen LogP contribution is 2.35. The molecule has 136 valence electrons. The van der Waals surface area contributed by atoms with Gasteiger partial charge in [0, 0.05) is 20.9 Å². The zero-order valence-electron chi connectivity index (χ0n) is 14.1. The molecule has 0 unspecified atom stereocenters. The van der Waals surface area contributed by atoms with Gasteiger partial charge >= 0.3 is 0 Å². The number of fused-ring (bicyclic) bond motifs is 1. The van der Waals surface area contributed by atoms with Gasteiger partial charge in [0.15, 0.2) is 0 Å². The van der Waals surface area contributed by atoms with Crippen molar-refractivity contribution < 1.29 is 4.79 Å². The third-order valence-corrected chi connectivity index (χ3v) is 5.03. The van der Waals surface area contributed by atoms with Crippen molar-refractivity contribution in [1.82, 2.24) is 20.2 Å². The van der Waals surface area contributed by atoms with Gasteiger partial charge in [-0.25, -0.2) is 0 Å². The first kappa shape index (κ1) is 17.7. The summed E-state index contributed by atoms with van der Waals surface area (Å²) in [6.45, 7) is 1.83. The molecule has 4 rings (SSSR count). The molecular formula is C18H14BrClN6O. The van der Waals surface area contributed by atoms with Gasteiger partial charge in [-0.1, -0.05) is 44.8 Å². The highest BCUT2D eigenvalue weighted by atomic mass is 79.9. The lowest BCUT2D eigenvalue weighted by Crippen LogP contribution is -2.31. The Labute approximate surface area is 168 Å². The van der Waals surface area contributed by atoms with Crippen molar-refractivity contribution in [2.45, 2.75) is 13.0 Å². The number of hydrogen-bond donors (Lipinski definition) is 2. The number of carbonyl (C=O) groups excluding carboxylic acids is 1. The summed E-state index contributed by atoms with van der Waals surface area (Å²) >= 11 is 9.36. The lowest BCUT2D eigenvalue weighted by Gasteiger charge is -2.28. The first-order valence-corrected chi connectivity index (χ1v) is 9.28. The van der Waals surface area contributed by atoms with Crippen LogP contribution in [-0.2, 0) is 4.79 Å². The molecule has 0 spiro atoms. The molecule has 9 heteroatoms. The number of nitrogens with zero attached hydrogens (tertiary/aromatic N) is 4. The van der Waals surface area contributed by atoms with Crippen molar-refractivity contribution in [3.05, 3.63) is 74.9 Å². The van der Waals surface area contributed by atoms with E-state index >= 15 is 0 Å². The van der Waals surface area contributed by atoms with Crippen molar-refractivity contribution in [3.63, 3.8) is 0 Å². The minimum Gasteiger partial charge on any atom is -0.326 e. The third-order valence-electron chi connectivity index (χ3n) is 4.25. The lowest BCUT2D eigenvalue weighted by atomic mass is 9.95. The number of hydrogen-bond acceptors (Lipinski definition) is 5. The molecule has 0 saturated carbocycles. The topological polar surface area (TPSA) is 84.7 Å². The lowest BCUT2D eigenvalue weighted by molar-refractivity contribution is -0.113. The molecular weight excluding hydrogens is 432 g/mol. The van der Waals surface area contributed by atoms with E-state index in [-0.39, 0.29) is 5.91 Å². The molecule has 2 heterocycles. The van der Waals surface area contributed by atoms with E-state index in [4.69, 9.17) is 11.6 Å². The summed E-state index contributed by atoms with van der Waals surface area (Å²) in [5, 5.41) is 18.4. The fraction of sp³-hybridized carbons (Fsp3) is 0.111. The predicted octanol–water partition coefficient (Wildman–Crippen LogP) is 4.02. The number of halogens is 2. The predicted molar refractivity (Wildman–Crippen MR) is 107 cm³/mol. The molecule has 1 amide bonds. The van der Waals surface area contributed by atoms with E-state index in [1.165, 1.54) is 0 Å². The van der Waals surface area contributed by atoms with Crippen molar-refractivity contribution >= 4 is 45.1 Å². The monoisotopic (exact) mass is 444 g/mol. The maximum atomic E-state index is 13.1. The number of benzene rings is 2. The zero-order valence-corrected chi connectivity index (χ0v) is 16.5. The smallest absolute Gasteiger partial charge is 0.255 e. The summed E-state index contributed by atoms with van der Waals surface area (Å²) in [5.41, 5.74) is 2.78. The number of aromatic nitrogens is 4. The van der Waals surface area contributed by atoms with Gasteiger partial charge in [0.25, 0.3) is 5.91 Å². The van der Waals surface area contributed by atoms with Crippen LogP contribution in [0.2, 0.25) is 5.02 Å². The van der Waals surface area contributed by atoms with E-state index in [1.54, 1.807) is 28.9 Å². The molecule has 0 aliphatic carbocycles. The van der Waals surface area contributed by atoms with Crippen LogP contribution in [0.25, 0.3) is 0 Å². The van der Waals surface area contributed by atoms with Crippen LogP contribution in [0.15, 0.2) is 64.3 Å². The number of carbonyl (C=O) groups is 1. The van der Waals surface area contributed by atoms with Gasteiger partial charge in [-0.2, -0.15) is 4.68 Å². The van der Waals surface area contributed by atoms with E-state index in [9.17, 15) is 4.79 Å². The van der Waals surface area contributed by atoms with Crippen molar-refractivity contribution in [2.24, 2.45) is 0 Å². The molecule has 1 aromatic heterocycles. The summed E-state index contributed by atoms with van der Waals surface area (Å²) in [6.07, 6.45) is 0. The number of nitrogens with one attached hydrogen (secondary N) is 2. The number of tetrazole rings is 1. The average molecular weight is 446 g/mol. The normalized spacial score (nSPS) is 15.9. The molecule has 0 bridgehead atoms. The highest BCUT2D eigenvalue weighted by Gasteiger charge is 2.33. The first-order valence-electron chi connectivity index (χ1n) is 8.11. The number of rotatable bonds is 3. The number of anilines is 2. The van der Waals surface area contributed by atoms with Gasteiger partial charge in [0.1, 0.15) is 6.04 Å². The Morgan fingerprint density at radius 2 is 1.89 bits per heavy atom. The summed E-state index contributed by atoms with van der Waals surface area (Å²) < 4.78 is 2.55. The maximum Gasteiger partial charge on any atom is 0.255 e. The van der Waals surface area contributed by atoms with Gasteiger partial charge in [-0.3, -0.25) is 4.79 Å². The maximum absolute atomic E-state index is 13.1. The van der Waals surface area contributed by atoms with Gasteiger partial charge in [0.05, 0.1) is 5.57 Å². The fourth-order valence-electron chi connectivity index (χ4n) is 2.99.